The Bertz CT molecular complexity index is 358. The first-order valence-corrected chi connectivity index (χ1v) is 5.45. The summed E-state index contributed by atoms with van der Waals surface area (Å²) in [7, 11) is 0. The van der Waals surface area contributed by atoms with Gasteiger partial charge in [-0.05, 0) is 17.7 Å². The molecule has 0 unspecified atom stereocenters. The Labute approximate surface area is 86.0 Å². The molecule has 0 amide bonds. The topological polar surface area (TPSA) is 0 Å². The molecule has 2 rings (SSSR count). The van der Waals surface area contributed by atoms with E-state index < -0.39 is 5.92 Å². The molecule has 1 aromatic carbocycles. The number of allylic oxidation sites excluding steroid dienone is 1. The van der Waals surface area contributed by atoms with Crippen molar-refractivity contribution >= 4 is 17.8 Å². The fourth-order valence-electron chi connectivity index (χ4n) is 1.34. The van der Waals surface area contributed by atoms with Crippen LogP contribution in [0.4, 0.5) is 8.78 Å². The van der Waals surface area contributed by atoms with Crippen LogP contribution in [0, 0.1) is 0 Å². The first-order valence-electron chi connectivity index (χ1n) is 4.46. The second-order valence-corrected chi connectivity index (χ2v) is 4.37. The van der Waals surface area contributed by atoms with Gasteiger partial charge in [0.15, 0.2) is 0 Å². The van der Waals surface area contributed by atoms with Crippen LogP contribution in [-0.2, 0) is 0 Å². The van der Waals surface area contributed by atoms with Crippen molar-refractivity contribution in [2.45, 2.75) is 17.2 Å². The summed E-state index contributed by atoms with van der Waals surface area (Å²) in [6, 6.07) is 7.62. The molecule has 1 aromatic rings. The third kappa shape index (κ3) is 2.15. The highest BCUT2D eigenvalue weighted by atomic mass is 32.2. The molecule has 14 heavy (non-hydrogen) atoms. The molecule has 74 valence electrons. The first-order chi connectivity index (χ1) is 6.67. The summed E-state index contributed by atoms with van der Waals surface area (Å²) >= 11 is 1.49. The number of halogens is 2. The molecular weight excluding hydrogens is 202 g/mol. The van der Waals surface area contributed by atoms with Crippen LogP contribution in [0.25, 0.3) is 6.08 Å². The Morgan fingerprint density at radius 2 is 2.00 bits per heavy atom. The van der Waals surface area contributed by atoms with Gasteiger partial charge < -0.3 is 0 Å². The predicted octanol–water partition coefficient (Wildman–Crippen LogP) is 3.83. The molecule has 0 radical (unpaired) electrons. The molecule has 3 heteroatoms. The van der Waals surface area contributed by atoms with E-state index in [2.05, 4.69) is 0 Å². The molecule has 0 saturated carbocycles. The maximum atomic E-state index is 13.0. The average Bonchev–Trinajstić information content (AvgIpc) is 2.14. The molecule has 0 aromatic heterocycles. The van der Waals surface area contributed by atoms with Crippen LogP contribution in [0.3, 0.4) is 0 Å². The van der Waals surface area contributed by atoms with Crippen molar-refractivity contribution in [2.75, 3.05) is 5.75 Å². The summed E-state index contributed by atoms with van der Waals surface area (Å²) in [5.41, 5.74) is 0.886. The zero-order chi connectivity index (χ0) is 10.0. The molecule has 0 atom stereocenters. The van der Waals surface area contributed by atoms with Crippen molar-refractivity contribution in [2.24, 2.45) is 0 Å². The quantitative estimate of drug-likeness (QED) is 0.629. The van der Waals surface area contributed by atoms with Crippen LogP contribution >= 0.6 is 11.8 Å². The Hall–Kier alpha value is -0.830. The van der Waals surface area contributed by atoms with Gasteiger partial charge in [0, 0.05) is 17.1 Å². The van der Waals surface area contributed by atoms with Gasteiger partial charge in [-0.1, -0.05) is 24.3 Å². The van der Waals surface area contributed by atoms with E-state index in [0.717, 1.165) is 16.5 Å². The SMILES string of the molecule is FC1(F)C=Cc2ccccc2SCC1. The van der Waals surface area contributed by atoms with Crippen molar-refractivity contribution in [1.29, 1.82) is 0 Å². The molecule has 0 spiro atoms. The summed E-state index contributed by atoms with van der Waals surface area (Å²) in [6.45, 7) is 0. The highest BCUT2D eigenvalue weighted by molar-refractivity contribution is 7.99. The molecule has 0 aliphatic carbocycles. The van der Waals surface area contributed by atoms with Crippen LogP contribution in [-0.4, -0.2) is 11.7 Å². The van der Waals surface area contributed by atoms with E-state index in [4.69, 9.17) is 0 Å². The number of fused-ring (bicyclic) bond motifs is 1. The third-order valence-corrected chi connectivity index (χ3v) is 3.21. The Balaban J connectivity index is 2.37. The summed E-state index contributed by atoms with van der Waals surface area (Å²) in [5.74, 6) is -2.19. The van der Waals surface area contributed by atoms with Crippen molar-refractivity contribution in [1.82, 2.24) is 0 Å². The Morgan fingerprint density at radius 1 is 1.21 bits per heavy atom. The number of hydrogen-bond acceptors (Lipinski definition) is 1. The number of rotatable bonds is 0. The second-order valence-electron chi connectivity index (χ2n) is 3.23. The molecular formula is C11H10F2S. The van der Waals surface area contributed by atoms with Gasteiger partial charge in [-0.2, -0.15) is 0 Å². The van der Waals surface area contributed by atoms with Gasteiger partial charge in [0.05, 0.1) is 0 Å². The van der Waals surface area contributed by atoms with Crippen molar-refractivity contribution in [3.8, 4) is 0 Å². The molecule has 0 N–H and O–H groups in total. The lowest BCUT2D eigenvalue weighted by molar-refractivity contribution is 0.0532. The van der Waals surface area contributed by atoms with Crippen molar-refractivity contribution in [3.05, 3.63) is 35.9 Å². The zero-order valence-corrected chi connectivity index (χ0v) is 8.36. The Kier molecular flexibility index (Phi) is 2.59. The molecule has 1 aliphatic heterocycles. The summed E-state index contributed by atoms with van der Waals surface area (Å²) < 4.78 is 26.1. The molecule has 1 heterocycles. The monoisotopic (exact) mass is 212 g/mol. The maximum Gasteiger partial charge on any atom is 0.267 e. The number of thioether (sulfide) groups is 1. The highest BCUT2D eigenvalue weighted by Gasteiger charge is 2.25. The lowest BCUT2D eigenvalue weighted by Gasteiger charge is -2.15. The van der Waals surface area contributed by atoms with Gasteiger partial charge in [0.25, 0.3) is 5.92 Å². The fraction of sp³-hybridized carbons (Fsp3) is 0.273. The van der Waals surface area contributed by atoms with Crippen molar-refractivity contribution in [3.63, 3.8) is 0 Å². The van der Waals surface area contributed by atoms with Gasteiger partial charge in [0.1, 0.15) is 0 Å². The molecule has 0 fully saturated rings. The third-order valence-electron chi connectivity index (χ3n) is 2.12. The van der Waals surface area contributed by atoms with Crippen LogP contribution in [0.2, 0.25) is 0 Å². The van der Waals surface area contributed by atoms with E-state index in [1.807, 2.05) is 24.3 Å². The summed E-state index contributed by atoms with van der Waals surface area (Å²) in [6.07, 6.45) is 2.44. The normalized spacial score (nSPS) is 19.6. The minimum Gasteiger partial charge on any atom is -0.202 e. The maximum absolute atomic E-state index is 13.0. The molecule has 0 nitrogen and oxygen atoms in total. The first kappa shape index (κ1) is 9.71. The average molecular weight is 212 g/mol. The Morgan fingerprint density at radius 3 is 2.86 bits per heavy atom. The minimum atomic E-state index is -2.65. The standard InChI is InChI=1S/C11H10F2S/c12-11(13)6-5-9-3-1-2-4-10(9)14-8-7-11/h1-6H,7-8H2. The van der Waals surface area contributed by atoms with E-state index in [-0.39, 0.29) is 6.42 Å². The van der Waals surface area contributed by atoms with Crippen LogP contribution in [0.5, 0.6) is 0 Å². The smallest absolute Gasteiger partial charge is 0.202 e. The summed E-state index contributed by atoms with van der Waals surface area (Å²) in [4.78, 5) is 1.08. The summed E-state index contributed by atoms with van der Waals surface area (Å²) in [5, 5.41) is 0. The van der Waals surface area contributed by atoms with Crippen molar-refractivity contribution < 1.29 is 8.78 Å². The van der Waals surface area contributed by atoms with Gasteiger partial charge in [0.2, 0.25) is 0 Å². The van der Waals surface area contributed by atoms with E-state index in [9.17, 15) is 8.78 Å². The zero-order valence-electron chi connectivity index (χ0n) is 7.54. The van der Waals surface area contributed by atoms with Crippen LogP contribution in [0.15, 0.2) is 35.2 Å². The van der Waals surface area contributed by atoms with Crippen LogP contribution in [0.1, 0.15) is 12.0 Å². The number of alkyl halides is 2. The van der Waals surface area contributed by atoms with Gasteiger partial charge in [-0.25, -0.2) is 8.78 Å². The minimum absolute atomic E-state index is 0.0809. The molecule has 1 aliphatic rings. The van der Waals surface area contributed by atoms with Gasteiger partial charge in [-0.15, -0.1) is 11.8 Å². The molecule has 0 bridgehead atoms. The van der Waals surface area contributed by atoms with E-state index >= 15 is 0 Å². The lowest BCUT2D eigenvalue weighted by Crippen LogP contribution is -2.13. The van der Waals surface area contributed by atoms with E-state index in [1.165, 1.54) is 17.8 Å². The predicted molar refractivity (Wildman–Crippen MR) is 55.8 cm³/mol. The van der Waals surface area contributed by atoms with E-state index in [1.54, 1.807) is 0 Å². The second kappa shape index (κ2) is 3.73. The number of hydrogen-bond donors (Lipinski definition) is 0. The number of benzene rings is 1. The highest BCUT2D eigenvalue weighted by Crippen LogP contribution is 2.32. The molecule has 0 saturated heterocycles. The fourth-order valence-corrected chi connectivity index (χ4v) is 2.41. The lowest BCUT2D eigenvalue weighted by atomic mass is 10.1. The van der Waals surface area contributed by atoms with Gasteiger partial charge >= 0.3 is 0 Å². The largest absolute Gasteiger partial charge is 0.267 e. The van der Waals surface area contributed by atoms with Gasteiger partial charge in [-0.3, -0.25) is 0 Å². The van der Waals surface area contributed by atoms with Crippen LogP contribution < -0.4 is 0 Å². The van der Waals surface area contributed by atoms with E-state index in [0.29, 0.717) is 5.75 Å².